The number of esters is 1. The Balaban J connectivity index is 2.64. The first-order chi connectivity index (χ1) is 12.0. The highest BCUT2D eigenvalue weighted by Gasteiger charge is 2.21. The molecule has 2 N–H and O–H groups in total. The van der Waals surface area contributed by atoms with Crippen molar-refractivity contribution in [2.24, 2.45) is 0 Å². The lowest BCUT2D eigenvalue weighted by molar-refractivity contribution is -0.143. The van der Waals surface area contributed by atoms with Gasteiger partial charge in [0, 0.05) is 6.42 Å². The number of carbonyl (C=O) groups is 3. The zero-order chi connectivity index (χ0) is 18.7. The Labute approximate surface area is 146 Å². The molecule has 1 rings (SSSR count). The van der Waals surface area contributed by atoms with Crippen molar-refractivity contribution in [2.75, 3.05) is 20.3 Å². The van der Waals surface area contributed by atoms with E-state index in [9.17, 15) is 19.5 Å². The highest BCUT2D eigenvalue weighted by Crippen LogP contribution is 2.15. The van der Waals surface area contributed by atoms with E-state index in [1.807, 2.05) is 6.92 Å². The SMILES string of the molecule is CCCCOC(=O)NC(Cc1cccc(OCC(=O)OC)c1)C(=O)O. The second kappa shape index (κ2) is 10.9. The van der Waals surface area contributed by atoms with Crippen LogP contribution in [-0.2, 0) is 25.5 Å². The summed E-state index contributed by atoms with van der Waals surface area (Å²) in [4.78, 5) is 34.1. The van der Waals surface area contributed by atoms with Gasteiger partial charge in [0.1, 0.15) is 11.8 Å². The minimum absolute atomic E-state index is 0.0492. The highest BCUT2D eigenvalue weighted by atomic mass is 16.6. The van der Waals surface area contributed by atoms with Crippen molar-refractivity contribution in [1.29, 1.82) is 0 Å². The van der Waals surface area contributed by atoms with Gasteiger partial charge in [-0.25, -0.2) is 14.4 Å². The number of rotatable bonds is 10. The monoisotopic (exact) mass is 353 g/mol. The predicted octanol–water partition coefficient (Wildman–Crippen LogP) is 1.76. The van der Waals surface area contributed by atoms with E-state index < -0.39 is 24.1 Å². The van der Waals surface area contributed by atoms with Crippen LogP contribution in [0.5, 0.6) is 5.75 Å². The maximum Gasteiger partial charge on any atom is 0.407 e. The van der Waals surface area contributed by atoms with Crippen molar-refractivity contribution in [3.8, 4) is 5.75 Å². The third-order valence-corrected chi connectivity index (χ3v) is 3.24. The van der Waals surface area contributed by atoms with Crippen LogP contribution in [0.4, 0.5) is 4.79 Å². The first-order valence-electron chi connectivity index (χ1n) is 7.91. The minimum atomic E-state index is -1.17. The summed E-state index contributed by atoms with van der Waals surface area (Å²) in [6, 6.07) is 5.47. The van der Waals surface area contributed by atoms with E-state index >= 15 is 0 Å². The van der Waals surface area contributed by atoms with Crippen molar-refractivity contribution in [3.63, 3.8) is 0 Å². The topological polar surface area (TPSA) is 111 Å². The summed E-state index contributed by atoms with van der Waals surface area (Å²) in [5.41, 5.74) is 0.628. The molecule has 0 radical (unpaired) electrons. The Hall–Kier alpha value is -2.77. The zero-order valence-corrected chi connectivity index (χ0v) is 14.3. The number of benzene rings is 1. The van der Waals surface area contributed by atoms with Crippen LogP contribution in [0.3, 0.4) is 0 Å². The predicted molar refractivity (Wildman–Crippen MR) is 88.5 cm³/mol. The third kappa shape index (κ3) is 8.05. The highest BCUT2D eigenvalue weighted by molar-refractivity contribution is 5.80. The summed E-state index contributed by atoms with van der Waals surface area (Å²) in [6.07, 6.45) is 0.866. The van der Waals surface area contributed by atoms with Gasteiger partial charge in [-0.2, -0.15) is 0 Å². The molecule has 0 fully saturated rings. The van der Waals surface area contributed by atoms with Crippen LogP contribution >= 0.6 is 0 Å². The van der Waals surface area contributed by atoms with E-state index in [4.69, 9.17) is 9.47 Å². The first-order valence-corrected chi connectivity index (χ1v) is 7.91. The molecule has 0 saturated heterocycles. The van der Waals surface area contributed by atoms with Crippen molar-refractivity contribution in [2.45, 2.75) is 32.2 Å². The number of hydrogen-bond donors (Lipinski definition) is 2. The Morgan fingerprint density at radius 1 is 1.28 bits per heavy atom. The number of alkyl carbamates (subject to hydrolysis) is 1. The van der Waals surface area contributed by atoms with Gasteiger partial charge >= 0.3 is 18.0 Å². The van der Waals surface area contributed by atoms with E-state index in [-0.39, 0.29) is 19.6 Å². The number of aliphatic carboxylic acids is 1. The number of methoxy groups -OCH3 is 1. The quantitative estimate of drug-likeness (QED) is 0.487. The maximum absolute atomic E-state index is 11.6. The number of carbonyl (C=O) groups excluding carboxylic acids is 2. The number of hydrogen-bond acceptors (Lipinski definition) is 6. The fourth-order valence-electron chi connectivity index (χ4n) is 1.89. The fourth-order valence-corrected chi connectivity index (χ4v) is 1.89. The van der Waals surface area contributed by atoms with Crippen molar-refractivity contribution in [3.05, 3.63) is 29.8 Å². The van der Waals surface area contributed by atoms with Crippen LogP contribution in [0.2, 0.25) is 0 Å². The van der Waals surface area contributed by atoms with Crippen LogP contribution in [0.1, 0.15) is 25.3 Å². The molecule has 0 bridgehead atoms. The normalized spacial score (nSPS) is 11.3. The lowest BCUT2D eigenvalue weighted by atomic mass is 10.1. The van der Waals surface area contributed by atoms with Gasteiger partial charge in [0.25, 0.3) is 0 Å². The Kier molecular flexibility index (Phi) is 8.84. The molecule has 0 heterocycles. The van der Waals surface area contributed by atoms with Crippen molar-refractivity contribution in [1.82, 2.24) is 5.32 Å². The maximum atomic E-state index is 11.6. The molecular formula is C17H23NO7. The molecule has 0 aliphatic carbocycles. The molecule has 1 aromatic carbocycles. The number of ether oxygens (including phenoxy) is 3. The molecule has 8 heteroatoms. The fraction of sp³-hybridized carbons (Fsp3) is 0.471. The van der Waals surface area contributed by atoms with Crippen molar-refractivity contribution < 1.29 is 33.7 Å². The van der Waals surface area contributed by atoms with Crippen LogP contribution in [-0.4, -0.2) is 49.5 Å². The van der Waals surface area contributed by atoms with Gasteiger partial charge in [0.15, 0.2) is 6.61 Å². The van der Waals surface area contributed by atoms with Crippen molar-refractivity contribution >= 4 is 18.0 Å². The summed E-state index contributed by atoms with van der Waals surface area (Å²) >= 11 is 0. The lowest BCUT2D eigenvalue weighted by Gasteiger charge is -2.15. The summed E-state index contributed by atoms with van der Waals surface area (Å²) in [5.74, 6) is -1.30. The first kappa shape index (κ1) is 20.3. The average Bonchev–Trinajstić information content (AvgIpc) is 2.59. The number of nitrogens with one attached hydrogen (secondary N) is 1. The molecule has 1 amide bonds. The third-order valence-electron chi connectivity index (χ3n) is 3.24. The van der Waals surface area contributed by atoms with Crippen LogP contribution in [0.15, 0.2) is 24.3 Å². The van der Waals surface area contributed by atoms with Crippen LogP contribution in [0, 0.1) is 0 Å². The Morgan fingerprint density at radius 2 is 2.04 bits per heavy atom. The second-order valence-electron chi connectivity index (χ2n) is 5.24. The number of amides is 1. The standard InChI is InChI=1S/C17H23NO7/c1-3-4-8-24-17(22)18-14(16(20)21)10-12-6-5-7-13(9-12)25-11-15(19)23-2/h5-7,9,14H,3-4,8,10-11H2,1-2H3,(H,18,22)(H,20,21). The van der Waals surface area contributed by atoms with E-state index in [1.54, 1.807) is 24.3 Å². The van der Waals surface area contributed by atoms with E-state index in [1.165, 1.54) is 7.11 Å². The molecule has 0 saturated carbocycles. The minimum Gasteiger partial charge on any atom is -0.482 e. The summed E-state index contributed by atoms with van der Waals surface area (Å²) in [5, 5.41) is 11.6. The molecule has 1 aromatic rings. The van der Waals surface area contributed by atoms with Gasteiger partial charge in [-0.3, -0.25) is 0 Å². The molecule has 0 aliphatic heterocycles. The van der Waals surface area contributed by atoms with Gasteiger partial charge in [0.2, 0.25) is 0 Å². The molecule has 138 valence electrons. The molecule has 0 aromatic heterocycles. The van der Waals surface area contributed by atoms with Crippen LogP contribution < -0.4 is 10.1 Å². The molecule has 0 aliphatic rings. The van der Waals surface area contributed by atoms with Gasteiger partial charge < -0.3 is 24.6 Å². The van der Waals surface area contributed by atoms with Gasteiger partial charge in [0.05, 0.1) is 13.7 Å². The molecule has 25 heavy (non-hydrogen) atoms. The largest absolute Gasteiger partial charge is 0.482 e. The summed E-state index contributed by atoms with van der Waals surface area (Å²) < 4.78 is 14.6. The van der Waals surface area contributed by atoms with E-state index in [0.717, 1.165) is 6.42 Å². The molecular weight excluding hydrogens is 330 g/mol. The number of carboxylic acids is 1. The van der Waals surface area contributed by atoms with Gasteiger partial charge in [-0.05, 0) is 24.1 Å². The van der Waals surface area contributed by atoms with Gasteiger partial charge in [-0.15, -0.1) is 0 Å². The summed E-state index contributed by atoms with van der Waals surface area (Å²) in [7, 11) is 1.25. The lowest BCUT2D eigenvalue weighted by Crippen LogP contribution is -2.42. The van der Waals surface area contributed by atoms with Gasteiger partial charge in [-0.1, -0.05) is 25.5 Å². The number of unbranched alkanes of at least 4 members (excludes halogenated alkanes) is 1. The average molecular weight is 353 g/mol. The molecule has 1 atom stereocenters. The Bertz CT molecular complexity index is 588. The molecule has 0 spiro atoms. The second-order valence-corrected chi connectivity index (χ2v) is 5.24. The Morgan fingerprint density at radius 3 is 2.68 bits per heavy atom. The molecule has 8 nitrogen and oxygen atoms in total. The van der Waals surface area contributed by atoms with E-state index in [0.29, 0.717) is 17.7 Å². The number of carboxylic acid groups (broad SMARTS) is 1. The zero-order valence-electron chi connectivity index (χ0n) is 14.3. The smallest absolute Gasteiger partial charge is 0.407 e. The van der Waals surface area contributed by atoms with Crippen LogP contribution in [0.25, 0.3) is 0 Å². The van der Waals surface area contributed by atoms with E-state index in [2.05, 4.69) is 10.1 Å². The summed E-state index contributed by atoms with van der Waals surface area (Å²) in [6.45, 7) is 1.95. The molecule has 1 unspecified atom stereocenters.